The van der Waals surface area contributed by atoms with E-state index in [0.29, 0.717) is 11.5 Å². The SMILES string of the molecule is CCC1Nc2c(sc3nc(C)cc(COC)c23)C(=O)N1c1ccccc1. The summed E-state index contributed by atoms with van der Waals surface area (Å²) in [6, 6.07) is 11.9. The van der Waals surface area contributed by atoms with E-state index in [0.717, 1.165) is 39.3 Å². The summed E-state index contributed by atoms with van der Waals surface area (Å²) in [7, 11) is 1.69. The lowest BCUT2D eigenvalue weighted by Gasteiger charge is -2.36. The van der Waals surface area contributed by atoms with Crippen LogP contribution < -0.4 is 10.2 Å². The molecule has 4 rings (SSSR count). The number of anilines is 2. The number of hydrogen-bond donors (Lipinski definition) is 1. The highest BCUT2D eigenvalue weighted by atomic mass is 32.1. The number of aromatic nitrogens is 1. The van der Waals surface area contributed by atoms with Crippen molar-refractivity contribution in [3.63, 3.8) is 0 Å². The zero-order valence-corrected chi connectivity index (χ0v) is 15.9. The van der Waals surface area contributed by atoms with Crippen molar-refractivity contribution in [2.45, 2.75) is 33.0 Å². The molecule has 3 heterocycles. The molecule has 1 aliphatic heterocycles. The van der Waals surface area contributed by atoms with Crippen LogP contribution in [-0.2, 0) is 11.3 Å². The first kappa shape index (κ1) is 17.0. The van der Waals surface area contributed by atoms with Gasteiger partial charge < -0.3 is 10.1 Å². The van der Waals surface area contributed by atoms with Crippen molar-refractivity contribution >= 4 is 38.8 Å². The molecule has 0 bridgehead atoms. The smallest absolute Gasteiger partial charge is 0.272 e. The molecule has 5 nitrogen and oxygen atoms in total. The predicted molar refractivity (Wildman–Crippen MR) is 106 cm³/mol. The fourth-order valence-electron chi connectivity index (χ4n) is 3.52. The maximum Gasteiger partial charge on any atom is 0.272 e. The molecular formula is C20H21N3O2S. The van der Waals surface area contributed by atoms with Crippen LogP contribution in [0.2, 0.25) is 0 Å². The van der Waals surface area contributed by atoms with Gasteiger partial charge in [-0.25, -0.2) is 4.98 Å². The summed E-state index contributed by atoms with van der Waals surface area (Å²) in [4.78, 5) is 21.4. The molecule has 0 spiro atoms. The van der Waals surface area contributed by atoms with Gasteiger partial charge in [0.1, 0.15) is 15.9 Å². The Morgan fingerprint density at radius 2 is 2.08 bits per heavy atom. The van der Waals surface area contributed by atoms with E-state index in [4.69, 9.17) is 4.74 Å². The third kappa shape index (κ3) is 2.66. The second kappa shape index (κ2) is 6.70. The van der Waals surface area contributed by atoms with Crippen LogP contribution in [0.5, 0.6) is 0 Å². The van der Waals surface area contributed by atoms with Gasteiger partial charge in [-0.05, 0) is 37.1 Å². The first-order valence-corrected chi connectivity index (χ1v) is 9.52. The van der Waals surface area contributed by atoms with Gasteiger partial charge in [-0.3, -0.25) is 9.69 Å². The van der Waals surface area contributed by atoms with Crippen molar-refractivity contribution < 1.29 is 9.53 Å². The van der Waals surface area contributed by atoms with Crippen LogP contribution in [0, 0.1) is 6.92 Å². The number of para-hydroxylation sites is 1. The van der Waals surface area contributed by atoms with E-state index >= 15 is 0 Å². The monoisotopic (exact) mass is 367 g/mol. The number of methoxy groups -OCH3 is 1. The fraction of sp³-hybridized carbons (Fsp3) is 0.300. The van der Waals surface area contributed by atoms with Crippen molar-refractivity contribution in [3.05, 3.63) is 52.5 Å². The Labute approximate surface area is 156 Å². The largest absolute Gasteiger partial charge is 0.380 e. The molecular weight excluding hydrogens is 346 g/mol. The quantitative estimate of drug-likeness (QED) is 0.734. The first-order valence-electron chi connectivity index (χ1n) is 8.71. The maximum absolute atomic E-state index is 13.3. The Kier molecular flexibility index (Phi) is 4.38. The first-order chi connectivity index (χ1) is 12.6. The molecule has 0 saturated carbocycles. The summed E-state index contributed by atoms with van der Waals surface area (Å²) in [5, 5.41) is 4.60. The Morgan fingerprint density at radius 3 is 2.77 bits per heavy atom. The van der Waals surface area contributed by atoms with Crippen LogP contribution in [0.25, 0.3) is 10.2 Å². The molecule has 2 aromatic heterocycles. The normalized spacial score (nSPS) is 16.7. The lowest BCUT2D eigenvalue weighted by atomic mass is 10.1. The van der Waals surface area contributed by atoms with E-state index < -0.39 is 0 Å². The van der Waals surface area contributed by atoms with E-state index in [-0.39, 0.29) is 12.1 Å². The number of ether oxygens (including phenoxy) is 1. The number of carbonyl (C=O) groups is 1. The molecule has 0 saturated heterocycles. The molecule has 1 amide bonds. The number of hydrogen-bond acceptors (Lipinski definition) is 5. The van der Waals surface area contributed by atoms with Gasteiger partial charge in [0, 0.05) is 23.9 Å². The zero-order valence-electron chi connectivity index (χ0n) is 15.1. The molecule has 1 aromatic carbocycles. The summed E-state index contributed by atoms with van der Waals surface area (Å²) in [5.41, 5.74) is 3.80. The number of rotatable bonds is 4. The second-order valence-corrected chi connectivity index (χ2v) is 7.42. The molecule has 1 N–H and O–H groups in total. The van der Waals surface area contributed by atoms with Crippen molar-refractivity contribution in [3.8, 4) is 0 Å². The van der Waals surface area contributed by atoms with E-state index in [2.05, 4.69) is 17.2 Å². The van der Waals surface area contributed by atoms with E-state index in [9.17, 15) is 4.79 Å². The van der Waals surface area contributed by atoms with Crippen molar-refractivity contribution in [1.29, 1.82) is 0 Å². The number of pyridine rings is 1. The van der Waals surface area contributed by atoms with Gasteiger partial charge in [-0.2, -0.15) is 0 Å². The standard InChI is InChI=1S/C20H21N3O2S/c1-4-15-22-17-16-13(11-25-3)10-12(2)21-19(16)26-18(17)20(24)23(15)14-8-6-5-7-9-14/h5-10,15,22H,4,11H2,1-3H3. The Morgan fingerprint density at radius 1 is 1.31 bits per heavy atom. The summed E-state index contributed by atoms with van der Waals surface area (Å²) in [6.45, 7) is 4.55. The van der Waals surface area contributed by atoms with Gasteiger partial charge >= 0.3 is 0 Å². The number of carbonyl (C=O) groups excluding carboxylic acids is 1. The molecule has 0 aliphatic carbocycles. The Balaban J connectivity index is 1.90. The highest BCUT2D eigenvalue weighted by molar-refractivity contribution is 7.21. The number of benzene rings is 1. The summed E-state index contributed by atoms with van der Waals surface area (Å²) in [5.74, 6) is 0.0285. The summed E-state index contributed by atoms with van der Waals surface area (Å²) >= 11 is 1.45. The van der Waals surface area contributed by atoms with E-state index in [1.54, 1.807) is 7.11 Å². The van der Waals surface area contributed by atoms with Crippen molar-refractivity contribution in [2.75, 3.05) is 17.3 Å². The molecule has 0 radical (unpaired) electrons. The molecule has 1 atom stereocenters. The highest BCUT2D eigenvalue weighted by Gasteiger charge is 2.35. The Hall–Kier alpha value is -2.44. The van der Waals surface area contributed by atoms with Gasteiger partial charge in [-0.1, -0.05) is 25.1 Å². The lowest BCUT2D eigenvalue weighted by molar-refractivity contribution is 0.0978. The topological polar surface area (TPSA) is 54.5 Å². The predicted octanol–water partition coefficient (Wildman–Crippen LogP) is 4.56. The summed E-state index contributed by atoms with van der Waals surface area (Å²) in [6.07, 6.45) is 0.711. The van der Waals surface area contributed by atoms with Crippen molar-refractivity contribution in [1.82, 2.24) is 4.98 Å². The maximum atomic E-state index is 13.3. The Bertz CT molecular complexity index is 968. The number of nitrogens with zero attached hydrogens (tertiary/aromatic N) is 2. The molecule has 6 heteroatoms. The van der Waals surface area contributed by atoms with Gasteiger partial charge in [0.15, 0.2) is 0 Å². The number of thiophene rings is 1. The number of fused-ring (bicyclic) bond motifs is 3. The van der Waals surface area contributed by atoms with Crippen LogP contribution >= 0.6 is 11.3 Å². The van der Waals surface area contributed by atoms with E-state index in [1.807, 2.05) is 48.2 Å². The molecule has 3 aromatic rings. The van der Waals surface area contributed by atoms with E-state index in [1.165, 1.54) is 11.3 Å². The van der Waals surface area contributed by atoms with Crippen molar-refractivity contribution in [2.24, 2.45) is 0 Å². The molecule has 134 valence electrons. The number of nitrogens with one attached hydrogen (secondary N) is 1. The number of amides is 1. The lowest BCUT2D eigenvalue weighted by Crippen LogP contribution is -2.48. The zero-order chi connectivity index (χ0) is 18.3. The average molecular weight is 367 g/mol. The minimum Gasteiger partial charge on any atom is -0.380 e. The minimum atomic E-state index is -0.0908. The third-order valence-corrected chi connectivity index (χ3v) is 5.70. The van der Waals surface area contributed by atoms with Gasteiger partial charge in [0.25, 0.3) is 5.91 Å². The van der Waals surface area contributed by atoms with Crippen LogP contribution in [0.15, 0.2) is 36.4 Å². The minimum absolute atomic E-state index is 0.0285. The van der Waals surface area contributed by atoms with Crippen LogP contribution in [0.4, 0.5) is 11.4 Å². The number of aryl methyl sites for hydroxylation is 1. The molecule has 26 heavy (non-hydrogen) atoms. The molecule has 1 aliphatic rings. The molecule has 0 fully saturated rings. The second-order valence-electron chi connectivity index (χ2n) is 6.42. The average Bonchev–Trinajstić information content (AvgIpc) is 3.01. The van der Waals surface area contributed by atoms with Crippen LogP contribution in [0.1, 0.15) is 34.3 Å². The fourth-order valence-corrected chi connectivity index (χ4v) is 4.69. The summed E-state index contributed by atoms with van der Waals surface area (Å²) < 4.78 is 5.38. The van der Waals surface area contributed by atoms with Gasteiger partial charge in [0.2, 0.25) is 0 Å². The third-order valence-electron chi connectivity index (χ3n) is 4.63. The molecule has 1 unspecified atom stereocenters. The van der Waals surface area contributed by atoms with Crippen LogP contribution in [-0.4, -0.2) is 24.2 Å². The highest BCUT2D eigenvalue weighted by Crippen LogP contribution is 2.42. The van der Waals surface area contributed by atoms with Crippen LogP contribution in [0.3, 0.4) is 0 Å². The van der Waals surface area contributed by atoms with Gasteiger partial charge in [-0.15, -0.1) is 11.3 Å². The van der Waals surface area contributed by atoms with Gasteiger partial charge in [0.05, 0.1) is 12.3 Å².